The van der Waals surface area contributed by atoms with Gasteiger partial charge in [-0.15, -0.1) is 5.10 Å². The Labute approximate surface area is 123 Å². The zero-order valence-electron chi connectivity index (χ0n) is 12.0. The smallest absolute Gasteiger partial charge is 0.252 e. The molecule has 0 saturated carbocycles. The topological polar surface area (TPSA) is 76.8 Å². The van der Waals surface area contributed by atoms with E-state index in [-0.39, 0.29) is 11.6 Å². The van der Waals surface area contributed by atoms with Crippen molar-refractivity contribution in [1.82, 2.24) is 29.9 Å². The summed E-state index contributed by atoms with van der Waals surface area (Å²) in [6.07, 6.45) is 6.88. The second-order valence-electron chi connectivity index (χ2n) is 5.15. The molecule has 0 aliphatic carbocycles. The summed E-state index contributed by atoms with van der Waals surface area (Å²) >= 11 is 0. The third-order valence-electron chi connectivity index (χ3n) is 3.89. The number of ketones is 1. The minimum absolute atomic E-state index is 0.158. The molecule has 0 spiro atoms. The molecule has 110 valence electrons. The van der Waals surface area contributed by atoms with E-state index in [1.807, 2.05) is 4.68 Å². The number of rotatable bonds is 4. The van der Waals surface area contributed by atoms with E-state index in [1.165, 1.54) is 0 Å². The van der Waals surface area contributed by atoms with Crippen LogP contribution < -0.4 is 0 Å². The molecule has 0 atom stereocenters. The highest BCUT2D eigenvalue weighted by Gasteiger charge is 2.22. The number of hydrogen-bond acceptors (Lipinski definition) is 6. The Morgan fingerprint density at radius 1 is 1.29 bits per heavy atom. The molecule has 1 saturated heterocycles. The monoisotopic (exact) mass is 286 g/mol. The van der Waals surface area contributed by atoms with Crippen LogP contribution in [0.3, 0.4) is 0 Å². The van der Waals surface area contributed by atoms with E-state index in [1.54, 1.807) is 24.7 Å². The Kier molecular flexibility index (Phi) is 4.01. The van der Waals surface area contributed by atoms with Crippen molar-refractivity contribution in [1.29, 1.82) is 0 Å². The van der Waals surface area contributed by atoms with Crippen molar-refractivity contribution in [2.45, 2.75) is 25.8 Å². The van der Waals surface area contributed by atoms with Crippen LogP contribution in [0.25, 0.3) is 0 Å². The highest BCUT2D eigenvalue weighted by molar-refractivity contribution is 6.04. The van der Waals surface area contributed by atoms with Gasteiger partial charge in [0, 0.05) is 25.5 Å². The summed E-state index contributed by atoms with van der Waals surface area (Å²) in [6.45, 7) is 5.38. The lowest BCUT2D eigenvalue weighted by atomic mass is 10.1. The standard InChI is InChI=1S/C14H18N6O/c1-2-19-8-4-11(5-9-19)20-10-12(17-18-20)13(21)14-15-6-3-7-16-14/h3,6-7,10-11H,2,4-5,8-9H2,1H3. The third kappa shape index (κ3) is 2.97. The van der Waals surface area contributed by atoms with Crippen LogP contribution in [0.15, 0.2) is 24.7 Å². The van der Waals surface area contributed by atoms with Crippen molar-refractivity contribution in [3.63, 3.8) is 0 Å². The maximum absolute atomic E-state index is 12.2. The van der Waals surface area contributed by atoms with Gasteiger partial charge in [-0.1, -0.05) is 12.1 Å². The summed E-state index contributed by atoms with van der Waals surface area (Å²) < 4.78 is 1.81. The molecule has 1 aliphatic rings. The van der Waals surface area contributed by atoms with Crippen LogP contribution >= 0.6 is 0 Å². The Hall–Kier alpha value is -2.15. The molecule has 1 fully saturated rings. The Balaban J connectivity index is 1.71. The lowest BCUT2D eigenvalue weighted by Gasteiger charge is -2.30. The highest BCUT2D eigenvalue weighted by Crippen LogP contribution is 2.21. The summed E-state index contributed by atoms with van der Waals surface area (Å²) in [7, 11) is 0. The summed E-state index contributed by atoms with van der Waals surface area (Å²) in [5.41, 5.74) is 0.305. The average molecular weight is 286 g/mol. The molecule has 0 N–H and O–H groups in total. The van der Waals surface area contributed by atoms with E-state index in [2.05, 4.69) is 32.1 Å². The fraction of sp³-hybridized carbons (Fsp3) is 0.500. The highest BCUT2D eigenvalue weighted by atomic mass is 16.1. The van der Waals surface area contributed by atoms with Crippen LogP contribution in [0.4, 0.5) is 0 Å². The first kappa shape index (κ1) is 13.8. The largest absolute Gasteiger partial charge is 0.303 e. The van der Waals surface area contributed by atoms with Gasteiger partial charge < -0.3 is 4.90 Å². The molecule has 3 heterocycles. The van der Waals surface area contributed by atoms with Gasteiger partial charge in [0.15, 0.2) is 5.69 Å². The second kappa shape index (κ2) is 6.09. The van der Waals surface area contributed by atoms with Crippen LogP contribution in [0, 0.1) is 0 Å². The van der Waals surface area contributed by atoms with Gasteiger partial charge in [0.2, 0.25) is 5.82 Å². The number of hydrogen-bond donors (Lipinski definition) is 0. The van der Waals surface area contributed by atoms with Gasteiger partial charge in [0.05, 0.1) is 12.2 Å². The summed E-state index contributed by atoms with van der Waals surface area (Å²) in [5.74, 6) is -0.127. The van der Waals surface area contributed by atoms with Crippen molar-refractivity contribution in [2.75, 3.05) is 19.6 Å². The molecular weight excluding hydrogens is 268 g/mol. The number of carbonyl (C=O) groups excluding carboxylic acids is 1. The fourth-order valence-electron chi connectivity index (χ4n) is 2.59. The van der Waals surface area contributed by atoms with E-state index < -0.39 is 0 Å². The average Bonchev–Trinajstić information content (AvgIpc) is 3.05. The Bertz CT molecular complexity index is 603. The minimum Gasteiger partial charge on any atom is -0.303 e. The van der Waals surface area contributed by atoms with Crippen LogP contribution in [-0.2, 0) is 0 Å². The Morgan fingerprint density at radius 2 is 2.00 bits per heavy atom. The van der Waals surface area contributed by atoms with E-state index in [9.17, 15) is 4.79 Å². The normalized spacial score (nSPS) is 17.0. The Morgan fingerprint density at radius 3 is 2.67 bits per heavy atom. The molecule has 0 bridgehead atoms. The third-order valence-corrected chi connectivity index (χ3v) is 3.89. The number of likely N-dealkylation sites (tertiary alicyclic amines) is 1. The number of aromatic nitrogens is 5. The predicted octanol–water partition coefficient (Wildman–Crippen LogP) is 0.956. The molecule has 7 nitrogen and oxygen atoms in total. The molecule has 3 rings (SSSR count). The zero-order chi connectivity index (χ0) is 14.7. The van der Waals surface area contributed by atoms with Crippen LogP contribution in [-0.4, -0.2) is 55.3 Å². The van der Waals surface area contributed by atoms with Crippen molar-refractivity contribution in [2.24, 2.45) is 0 Å². The molecule has 0 unspecified atom stereocenters. The number of nitrogens with zero attached hydrogens (tertiary/aromatic N) is 6. The van der Waals surface area contributed by atoms with Crippen molar-refractivity contribution in [3.8, 4) is 0 Å². The van der Waals surface area contributed by atoms with E-state index in [4.69, 9.17) is 0 Å². The lowest BCUT2D eigenvalue weighted by Crippen LogP contribution is -2.34. The molecular formula is C14H18N6O. The van der Waals surface area contributed by atoms with E-state index >= 15 is 0 Å². The van der Waals surface area contributed by atoms with Gasteiger partial charge in [-0.05, 0) is 25.5 Å². The molecule has 21 heavy (non-hydrogen) atoms. The first-order chi connectivity index (χ1) is 10.3. The molecule has 2 aromatic heterocycles. The summed E-state index contributed by atoms with van der Waals surface area (Å²) in [5, 5.41) is 8.09. The van der Waals surface area contributed by atoms with Gasteiger partial charge in [0.1, 0.15) is 0 Å². The second-order valence-corrected chi connectivity index (χ2v) is 5.15. The van der Waals surface area contributed by atoms with Crippen LogP contribution in [0.5, 0.6) is 0 Å². The SMILES string of the molecule is CCN1CCC(n2cc(C(=O)c3ncccn3)nn2)CC1. The maximum Gasteiger partial charge on any atom is 0.252 e. The van der Waals surface area contributed by atoms with Gasteiger partial charge in [0.25, 0.3) is 5.78 Å². The first-order valence-electron chi connectivity index (χ1n) is 7.24. The first-order valence-corrected chi connectivity index (χ1v) is 7.24. The minimum atomic E-state index is -0.284. The van der Waals surface area contributed by atoms with Crippen molar-refractivity contribution < 1.29 is 4.79 Å². The number of piperidine rings is 1. The summed E-state index contributed by atoms with van der Waals surface area (Å²) in [4.78, 5) is 22.5. The summed E-state index contributed by atoms with van der Waals surface area (Å²) in [6, 6.07) is 1.99. The van der Waals surface area contributed by atoms with Gasteiger partial charge in [-0.25, -0.2) is 14.6 Å². The quantitative estimate of drug-likeness (QED) is 0.779. The molecule has 1 aliphatic heterocycles. The van der Waals surface area contributed by atoms with Crippen molar-refractivity contribution >= 4 is 5.78 Å². The molecule has 0 amide bonds. The molecule has 0 aromatic carbocycles. The van der Waals surface area contributed by atoms with Crippen LogP contribution in [0.2, 0.25) is 0 Å². The number of carbonyl (C=O) groups is 1. The molecule has 7 heteroatoms. The zero-order valence-corrected chi connectivity index (χ0v) is 12.0. The molecule has 0 radical (unpaired) electrons. The van der Waals surface area contributed by atoms with Gasteiger partial charge >= 0.3 is 0 Å². The van der Waals surface area contributed by atoms with Gasteiger partial charge in [-0.2, -0.15) is 0 Å². The van der Waals surface area contributed by atoms with E-state index in [0.717, 1.165) is 32.5 Å². The van der Waals surface area contributed by atoms with Crippen LogP contribution in [0.1, 0.15) is 42.1 Å². The lowest BCUT2D eigenvalue weighted by molar-refractivity contribution is 0.102. The fourth-order valence-corrected chi connectivity index (χ4v) is 2.59. The molecule has 2 aromatic rings. The predicted molar refractivity (Wildman–Crippen MR) is 75.9 cm³/mol. The van der Waals surface area contributed by atoms with Gasteiger partial charge in [-0.3, -0.25) is 4.79 Å². The van der Waals surface area contributed by atoms with E-state index in [0.29, 0.717) is 11.7 Å². The van der Waals surface area contributed by atoms with Crippen molar-refractivity contribution in [3.05, 3.63) is 36.2 Å². The maximum atomic E-state index is 12.2.